The summed E-state index contributed by atoms with van der Waals surface area (Å²) in [5.74, 6) is 1.41. The van der Waals surface area contributed by atoms with Gasteiger partial charge >= 0.3 is 0 Å². The number of carbonyl (C=O) groups is 1. The van der Waals surface area contributed by atoms with Crippen LogP contribution in [-0.4, -0.2) is 51.2 Å². The maximum Gasteiger partial charge on any atom is 0.255 e. The van der Waals surface area contributed by atoms with E-state index < -0.39 is 0 Å². The lowest BCUT2D eigenvalue weighted by Crippen LogP contribution is -2.59. The van der Waals surface area contributed by atoms with Gasteiger partial charge in [-0.3, -0.25) is 9.48 Å². The van der Waals surface area contributed by atoms with E-state index in [1.165, 1.54) is 25.9 Å². The predicted molar refractivity (Wildman–Crippen MR) is 97.4 cm³/mol. The molecule has 5 heterocycles. The van der Waals surface area contributed by atoms with Gasteiger partial charge in [0.1, 0.15) is 0 Å². The zero-order valence-corrected chi connectivity index (χ0v) is 15.1. The number of hydrogen-bond acceptors (Lipinski definition) is 3. The van der Waals surface area contributed by atoms with Crippen LogP contribution in [0.5, 0.6) is 0 Å². The van der Waals surface area contributed by atoms with Crippen LogP contribution in [0.1, 0.15) is 42.7 Å². The van der Waals surface area contributed by atoms with Gasteiger partial charge in [0.2, 0.25) is 0 Å². The molecule has 2 bridgehead atoms. The molecule has 5 nitrogen and oxygen atoms in total. The molecule has 3 fully saturated rings. The summed E-state index contributed by atoms with van der Waals surface area (Å²) in [6.07, 6.45) is 2.46. The van der Waals surface area contributed by atoms with E-state index in [9.17, 15) is 4.79 Å². The summed E-state index contributed by atoms with van der Waals surface area (Å²) < 4.78 is 2.10. The second-order valence-corrected chi connectivity index (χ2v) is 8.36. The topological polar surface area (TPSA) is 41.4 Å². The predicted octanol–water partition coefficient (Wildman–Crippen LogP) is 2.74. The van der Waals surface area contributed by atoms with Gasteiger partial charge in [-0.25, -0.2) is 0 Å². The third-order valence-corrected chi connectivity index (χ3v) is 6.22. The number of benzene rings is 1. The molecule has 0 unspecified atom stereocenters. The van der Waals surface area contributed by atoms with Gasteiger partial charge in [0.05, 0.1) is 23.3 Å². The van der Waals surface area contributed by atoms with Crippen molar-refractivity contribution in [3.8, 4) is 0 Å². The van der Waals surface area contributed by atoms with Crippen molar-refractivity contribution >= 4 is 16.8 Å². The monoisotopic (exact) mass is 338 g/mol. The van der Waals surface area contributed by atoms with Crippen LogP contribution in [0.15, 0.2) is 18.2 Å². The van der Waals surface area contributed by atoms with Crippen molar-refractivity contribution in [2.24, 2.45) is 11.8 Å². The molecule has 6 rings (SSSR count). The fourth-order valence-electron chi connectivity index (χ4n) is 5.02. The fourth-order valence-corrected chi connectivity index (χ4v) is 5.02. The Bertz CT molecular complexity index is 832. The average molecular weight is 338 g/mol. The number of aromatic nitrogens is 2. The normalized spacial score (nSPS) is 28.4. The smallest absolute Gasteiger partial charge is 0.255 e. The van der Waals surface area contributed by atoms with Crippen molar-refractivity contribution < 1.29 is 4.79 Å². The van der Waals surface area contributed by atoms with E-state index in [4.69, 9.17) is 5.10 Å². The second-order valence-electron chi connectivity index (χ2n) is 8.36. The largest absolute Gasteiger partial charge is 0.328 e. The minimum absolute atomic E-state index is 0.209. The summed E-state index contributed by atoms with van der Waals surface area (Å²) >= 11 is 0. The quantitative estimate of drug-likeness (QED) is 0.864. The Morgan fingerprint density at radius 3 is 2.72 bits per heavy atom. The van der Waals surface area contributed by atoms with Crippen LogP contribution in [-0.2, 0) is 13.1 Å². The van der Waals surface area contributed by atoms with E-state index in [0.717, 1.165) is 35.2 Å². The van der Waals surface area contributed by atoms with Gasteiger partial charge in [-0.1, -0.05) is 19.9 Å². The summed E-state index contributed by atoms with van der Waals surface area (Å²) in [4.78, 5) is 17.9. The van der Waals surface area contributed by atoms with E-state index in [1.807, 2.05) is 12.1 Å². The number of piperidine rings is 3. The van der Waals surface area contributed by atoms with Crippen LogP contribution >= 0.6 is 0 Å². The first-order valence-corrected chi connectivity index (χ1v) is 9.63. The highest BCUT2D eigenvalue weighted by molar-refractivity contribution is 6.09. The molecule has 2 aromatic rings. The highest BCUT2D eigenvalue weighted by atomic mass is 16.2. The Kier molecular flexibility index (Phi) is 3.42. The van der Waals surface area contributed by atoms with Gasteiger partial charge < -0.3 is 9.80 Å². The number of fused-ring (bicyclic) bond motifs is 3. The molecule has 25 heavy (non-hydrogen) atoms. The highest BCUT2D eigenvalue weighted by Crippen LogP contribution is 2.36. The Labute approximate surface area is 148 Å². The summed E-state index contributed by atoms with van der Waals surface area (Å²) in [6, 6.07) is 6.46. The molecule has 0 aliphatic carbocycles. The lowest BCUT2D eigenvalue weighted by atomic mass is 9.82. The summed E-state index contributed by atoms with van der Waals surface area (Å²) in [5, 5.41) is 6.00. The van der Waals surface area contributed by atoms with Crippen molar-refractivity contribution in [1.29, 1.82) is 0 Å². The molecule has 4 aliphatic rings. The molecule has 0 N–H and O–H groups in total. The van der Waals surface area contributed by atoms with Crippen LogP contribution in [0.2, 0.25) is 0 Å². The van der Waals surface area contributed by atoms with Crippen LogP contribution in [0, 0.1) is 11.8 Å². The van der Waals surface area contributed by atoms with E-state index in [1.54, 1.807) is 0 Å². The molecule has 0 spiro atoms. The van der Waals surface area contributed by atoms with Crippen molar-refractivity contribution in [2.45, 2.75) is 45.8 Å². The number of rotatable bonds is 3. The number of hydrogen-bond donors (Lipinski definition) is 0. The molecular formula is C20H26N4O. The van der Waals surface area contributed by atoms with Crippen molar-refractivity contribution in [3.63, 3.8) is 0 Å². The Morgan fingerprint density at radius 2 is 2.04 bits per heavy atom. The highest BCUT2D eigenvalue weighted by Gasteiger charge is 2.42. The Balaban J connectivity index is 1.55. The first kappa shape index (κ1) is 15.4. The zero-order chi connectivity index (χ0) is 17.1. The van der Waals surface area contributed by atoms with Crippen LogP contribution < -0.4 is 0 Å². The van der Waals surface area contributed by atoms with Gasteiger partial charge in [-0.2, -0.15) is 5.10 Å². The third kappa shape index (κ3) is 2.32. The number of carbonyl (C=O) groups excluding carboxylic acids is 1. The van der Waals surface area contributed by atoms with Gasteiger partial charge in [-0.05, 0) is 49.9 Å². The Hall–Kier alpha value is -1.88. The molecule has 4 aliphatic heterocycles. The standard InChI is InChI=1S/C20H26N4O/c1-13(2)10-24-17-5-3-4-15-19(17)16(21-24)11-23(20(15)25)18-12-22-8-6-14(18)7-9-22/h3-5,13-14,18H,6-12H2,1-2H3/t18-/m1/s1. The second kappa shape index (κ2) is 5.56. The molecular weight excluding hydrogens is 312 g/mol. The van der Waals surface area contributed by atoms with Gasteiger partial charge in [0.15, 0.2) is 0 Å². The molecule has 1 amide bonds. The molecule has 5 heteroatoms. The zero-order valence-electron chi connectivity index (χ0n) is 15.1. The first-order valence-electron chi connectivity index (χ1n) is 9.63. The molecule has 132 valence electrons. The Morgan fingerprint density at radius 1 is 1.24 bits per heavy atom. The molecule has 1 aromatic heterocycles. The summed E-state index contributed by atoms with van der Waals surface area (Å²) in [6.45, 7) is 9.43. The molecule has 0 radical (unpaired) electrons. The fraction of sp³-hybridized carbons (Fsp3) is 0.600. The lowest BCUT2D eigenvalue weighted by molar-refractivity contribution is 0.00361. The number of amides is 1. The van der Waals surface area contributed by atoms with E-state index >= 15 is 0 Å². The maximum atomic E-state index is 13.3. The molecule has 1 aromatic carbocycles. The minimum atomic E-state index is 0.209. The summed E-state index contributed by atoms with van der Waals surface area (Å²) in [7, 11) is 0. The summed E-state index contributed by atoms with van der Waals surface area (Å²) in [5.41, 5.74) is 3.05. The molecule has 1 atom stereocenters. The van der Waals surface area contributed by atoms with Crippen molar-refractivity contribution in [1.82, 2.24) is 19.6 Å². The third-order valence-electron chi connectivity index (χ3n) is 6.22. The van der Waals surface area contributed by atoms with Gasteiger partial charge in [-0.15, -0.1) is 0 Å². The average Bonchev–Trinajstić information content (AvgIpc) is 2.97. The van der Waals surface area contributed by atoms with Crippen molar-refractivity contribution in [2.75, 3.05) is 19.6 Å². The maximum absolute atomic E-state index is 13.3. The van der Waals surface area contributed by atoms with E-state index in [-0.39, 0.29) is 5.91 Å². The van der Waals surface area contributed by atoms with E-state index in [0.29, 0.717) is 24.4 Å². The minimum Gasteiger partial charge on any atom is -0.328 e. The van der Waals surface area contributed by atoms with Gasteiger partial charge in [0, 0.05) is 24.5 Å². The molecule has 3 saturated heterocycles. The van der Waals surface area contributed by atoms with Crippen LogP contribution in [0.3, 0.4) is 0 Å². The van der Waals surface area contributed by atoms with Crippen molar-refractivity contribution in [3.05, 3.63) is 29.5 Å². The lowest BCUT2D eigenvalue weighted by Gasteiger charge is -2.49. The SMILES string of the molecule is CC(C)Cn1nc2c3c(cccc31)C(=O)N([C@@H]1CN3CCC1CC3)C2. The number of nitrogens with zero attached hydrogens (tertiary/aromatic N) is 4. The van der Waals surface area contributed by atoms with Crippen LogP contribution in [0.25, 0.3) is 10.9 Å². The van der Waals surface area contributed by atoms with E-state index in [2.05, 4.69) is 34.4 Å². The first-order chi connectivity index (χ1) is 12.1. The van der Waals surface area contributed by atoms with Gasteiger partial charge in [0.25, 0.3) is 5.91 Å². The van der Waals surface area contributed by atoms with Crippen LogP contribution in [0.4, 0.5) is 0 Å². The molecule has 0 saturated carbocycles.